The third-order valence-electron chi connectivity index (χ3n) is 6.64. The van der Waals surface area contributed by atoms with Gasteiger partial charge in [-0.25, -0.2) is 16.8 Å². The number of sulfone groups is 2. The molecule has 0 atom stereocenters. The van der Waals surface area contributed by atoms with Crippen LogP contribution < -0.4 is 18.9 Å². The zero-order valence-corrected chi connectivity index (χ0v) is 29.2. The molecule has 0 saturated carbocycles. The Morgan fingerprint density at radius 2 is 0.646 bits per heavy atom. The van der Waals surface area contributed by atoms with Crippen molar-refractivity contribution in [3.63, 3.8) is 0 Å². The molecule has 0 unspecified atom stereocenters. The first kappa shape index (κ1) is 36.7. The predicted octanol–water partition coefficient (Wildman–Crippen LogP) is 6.42. The second-order valence-corrected chi connectivity index (χ2v) is 15.0. The van der Waals surface area contributed by atoms with E-state index < -0.39 is 19.7 Å². The van der Waals surface area contributed by atoms with Crippen LogP contribution in [0.1, 0.15) is 27.7 Å². The maximum atomic E-state index is 13.0. The minimum atomic E-state index is -3.66. The molecule has 0 aliphatic heterocycles. The summed E-state index contributed by atoms with van der Waals surface area (Å²) in [6, 6.07) is 25.2. The van der Waals surface area contributed by atoms with E-state index in [9.17, 15) is 16.8 Å². The fourth-order valence-corrected chi connectivity index (χ4v) is 6.92. The second kappa shape index (κ2) is 17.3. The summed E-state index contributed by atoms with van der Waals surface area (Å²) in [6.45, 7) is 9.58. The van der Waals surface area contributed by atoms with Gasteiger partial charge in [0.1, 0.15) is 36.2 Å². The van der Waals surface area contributed by atoms with Gasteiger partial charge in [-0.05, 0) is 125 Å². The molecule has 4 rings (SSSR count). The van der Waals surface area contributed by atoms with E-state index >= 15 is 0 Å². The molecule has 0 aromatic heterocycles. The molecule has 0 saturated heterocycles. The van der Waals surface area contributed by atoms with E-state index in [0.717, 1.165) is 0 Å². The van der Waals surface area contributed by atoms with E-state index in [0.29, 0.717) is 49.4 Å². The van der Waals surface area contributed by atoms with Gasteiger partial charge in [0.2, 0.25) is 19.7 Å². The topological polar surface area (TPSA) is 124 Å². The van der Waals surface area contributed by atoms with Crippen molar-refractivity contribution in [2.75, 3.05) is 39.6 Å². The van der Waals surface area contributed by atoms with E-state index in [1.807, 2.05) is 27.7 Å². The lowest BCUT2D eigenvalue weighted by Gasteiger charge is -2.11. The van der Waals surface area contributed by atoms with Gasteiger partial charge in [-0.1, -0.05) is 0 Å². The number of ether oxygens (including phenoxy) is 6. The Kier molecular flexibility index (Phi) is 13.3. The Morgan fingerprint density at radius 3 is 0.917 bits per heavy atom. The normalized spacial score (nSPS) is 11.9. The van der Waals surface area contributed by atoms with Gasteiger partial charge in [-0.2, -0.15) is 0 Å². The molecule has 0 aliphatic rings. The molecule has 0 aliphatic carbocycles. The first-order chi connectivity index (χ1) is 22.9. The van der Waals surface area contributed by atoms with Crippen LogP contribution >= 0.6 is 0 Å². The minimum Gasteiger partial charge on any atom is -0.491 e. The van der Waals surface area contributed by atoms with E-state index in [1.165, 1.54) is 48.5 Å². The Balaban J connectivity index is 1.08. The van der Waals surface area contributed by atoms with E-state index in [1.54, 1.807) is 48.5 Å². The largest absolute Gasteiger partial charge is 0.491 e. The molecule has 0 amide bonds. The summed E-state index contributed by atoms with van der Waals surface area (Å²) < 4.78 is 85.4. The van der Waals surface area contributed by atoms with Crippen molar-refractivity contribution in [1.82, 2.24) is 0 Å². The van der Waals surface area contributed by atoms with Crippen LogP contribution in [0.5, 0.6) is 23.0 Å². The Hall–Kier alpha value is -4.10. The summed E-state index contributed by atoms with van der Waals surface area (Å²) in [5.41, 5.74) is 0. The van der Waals surface area contributed by atoms with Gasteiger partial charge in [-0.3, -0.25) is 0 Å². The van der Waals surface area contributed by atoms with Gasteiger partial charge in [0.15, 0.2) is 0 Å². The monoisotopic (exact) mass is 698 g/mol. The molecule has 4 aromatic rings. The molecule has 0 bridgehead atoms. The Bertz CT molecular complexity index is 1630. The lowest BCUT2D eigenvalue weighted by Crippen LogP contribution is -2.13. The Labute approximate surface area is 283 Å². The highest BCUT2D eigenvalue weighted by molar-refractivity contribution is 7.91. The van der Waals surface area contributed by atoms with Crippen molar-refractivity contribution in [2.45, 2.75) is 59.5 Å². The van der Waals surface area contributed by atoms with Gasteiger partial charge in [0, 0.05) is 0 Å². The van der Waals surface area contributed by atoms with Crippen molar-refractivity contribution >= 4 is 19.7 Å². The van der Waals surface area contributed by atoms with Gasteiger partial charge in [0.05, 0.1) is 58.2 Å². The minimum absolute atomic E-state index is 0.000234. The first-order valence-electron chi connectivity index (χ1n) is 15.6. The van der Waals surface area contributed by atoms with E-state index in [4.69, 9.17) is 28.4 Å². The average molecular weight is 699 g/mol. The standard InChI is InChI=1S/C36H42O10S2/c1-27(2)45-31-9-17-35(18-10-31)47(37,38)33-13-5-29(6-14-33)43-25-23-41-21-22-42-24-26-44-30-7-15-34(16-8-30)48(39,40)36-19-11-32(12-20-36)46-28(3)4/h5-20,27-28H,21-26H2,1-4H3. The molecule has 10 nitrogen and oxygen atoms in total. The second-order valence-electron chi connectivity index (χ2n) is 11.1. The molecule has 258 valence electrons. The quantitative estimate of drug-likeness (QED) is 0.101. The molecule has 0 N–H and O–H groups in total. The summed E-state index contributed by atoms with van der Waals surface area (Å²) in [5.74, 6) is 2.29. The molecule has 0 fully saturated rings. The van der Waals surface area contributed by atoms with Crippen molar-refractivity contribution in [3.05, 3.63) is 97.1 Å². The highest BCUT2D eigenvalue weighted by atomic mass is 32.2. The fraction of sp³-hybridized carbons (Fsp3) is 0.333. The summed E-state index contributed by atoms with van der Waals surface area (Å²) in [4.78, 5) is 0.717. The molecular formula is C36H42O10S2. The third kappa shape index (κ3) is 10.7. The van der Waals surface area contributed by atoms with Crippen molar-refractivity contribution in [2.24, 2.45) is 0 Å². The number of hydrogen-bond donors (Lipinski definition) is 0. The highest BCUT2D eigenvalue weighted by Gasteiger charge is 2.19. The van der Waals surface area contributed by atoms with Gasteiger partial charge >= 0.3 is 0 Å². The van der Waals surface area contributed by atoms with Crippen molar-refractivity contribution in [3.8, 4) is 23.0 Å². The van der Waals surface area contributed by atoms with Gasteiger partial charge < -0.3 is 28.4 Å². The number of rotatable bonds is 19. The molecule has 4 aromatic carbocycles. The van der Waals surface area contributed by atoms with E-state index in [-0.39, 0.29) is 45.0 Å². The van der Waals surface area contributed by atoms with Crippen LogP contribution in [0.2, 0.25) is 0 Å². The molecule has 48 heavy (non-hydrogen) atoms. The zero-order valence-electron chi connectivity index (χ0n) is 27.5. The van der Waals surface area contributed by atoms with Gasteiger partial charge in [0.25, 0.3) is 0 Å². The molecule has 0 heterocycles. The number of benzene rings is 4. The third-order valence-corrected chi connectivity index (χ3v) is 10.2. The SMILES string of the molecule is CC(C)Oc1ccc(S(=O)(=O)c2ccc(OCCOCCOCCOc3ccc(S(=O)(=O)c4ccc(OC(C)C)cc4)cc3)cc2)cc1. The number of hydrogen-bond acceptors (Lipinski definition) is 10. The van der Waals surface area contributed by atoms with Crippen LogP contribution in [0, 0.1) is 0 Å². The summed E-state index contributed by atoms with van der Waals surface area (Å²) in [5, 5.41) is 0. The van der Waals surface area contributed by atoms with Crippen LogP contribution in [0.3, 0.4) is 0 Å². The summed E-state index contributed by atoms with van der Waals surface area (Å²) >= 11 is 0. The maximum absolute atomic E-state index is 13.0. The van der Waals surface area contributed by atoms with Crippen LogP contribution in [0.4, 0.5) is 0 Å². The van der Waals surface area contributed by atoms with Crippen LogP contribution in [0.15, 0.2) is 117 Å². The molecular weight excluding hydrogens is 657 g/mol. The summed E-state index contributed by atoms with van der Waals surface area (Å²) in [6.07, 6.45) is 0.000468. The highest BCUT2D eigenvalue weighted by Crippen LogP contribution is 2.27. The van der Waals surface area contributed by atoms with Crippen LogP contribution in [-0.4, -0.2) is 68.7 Å². The van der Waals surface area contributed by atoms with Crippen LogP contribution in [0.25, 0.3) is 0 Å². The summed E-state index contributed by atoms with van der Waals surface area (Å²) in [7, 11) is -7.33. The zero-order chi connectivity index (χ0) is 34.6. The molecule has 0 radical (unpaired) electrons. The first-order valence-corrected chi connectivity index (χ1v) is 18.6. The predicted molar refractivity (Wildman–Crippen MR) is 181 cm³/mol. The lowest BCUT2D eigenvalue weighted by molar-refractivity contribution is 0.0273. The smallest absolute Gasteiger partial charge is 0.206 e. The molecule has 12 heteroatoms. The van der Waals surface area contributed by atoms with E-state index in [2.05, 4.69) is 0 Å². The van der Waals surface area contributed by atoms with Crippen LogP contribution in [-0.2, 0) is 29.1 Å². The van der Waals surface area contributed by atoms with Crippen molar-refractivity contribution < 1.29 is 45.3 Å². The molecule has 0 spiro atoms. The lowest BCUT2D eigenvalue weighted by atomic mass is 10.3. The van der Waals surface area contributed by atoms with Gasteiger partial charge in [-0.15, -0.1) is 0 Å². The fourth-order valence-electron chi connectivity index (χ4n) is 4.40. The average Bonchev–Trinajstić information content (AvgIpc) is 3.06. The van der Waals surface area contributed by atoms with Crippen molar-refractivity contribution in [1.29, 1.82) is 0 Å². The Morgan fingerprint density at radius 1 is 0.396 bits per heavy atom. The maximum Gasteiger partial charge on any atom is 0.206 e.